The quantitative estimate of drug-likeness (QED) is 0.492. The van der Waals surface area contributed by atoms with Gasteiger partial charge in [-0.1, -0.05) is 0 Å². The average Bonchev–Trinajstić information content (AvgIpc) is 2.33. The van der Waals surface area contributed by atoms with E-state index >= 15 is 0 Å². The molecule has 1 aliphatic heterocycles. The maximum Gasteiger partial charge on any atom is 0.359 e. The SMILES string of the molecule is O=C(O)C[N+]1(CC(=O)O)C=CNC1. The highest BCUT2D eigenvalue weighted by Gasteiger charge is 2.33. The first-order valence-corrected chi connectivity index (χ1v) is 3.75. The van der Waals surface area contributed by atoms with E-state index in [0.29, 0.717) is 6.67 Å². The zero-order valence-electron chi connectivity index (χ0n) is 6.93. The van der Waals surface area contributed by atoms with Gasteiger partial charge in [0.25, 0.3) is 0 Å². The number of carboxylic acids is 2. The van der Waals surface area contributed by atoms with Crippen LogP contribution in [0.2, 0.25) is 0 Å². The largest absolute Gasteiger partial charge is 0.477 e. The van der Waals surface area contributed by atoms with Gasteiger partial charge in [-0.05, 0) is 0 Å². The van der Waals surface area contributed by atoms with Gasteiger partial charge < -0.3 is 15.5 Å². The molecular weight excluding hydrogens is 176 g/mol. The number of nitrogens with zero attached hydrogens (tertiary/aromatic N) is 1. The standard InChI is InChI=1S/C7H10N2O4/c10-6(11)3-9(4-7(12)13)2-1-8-5-9/h1-2,8H,3-5H2,(H-,10,11,12,13)/p+1. The Balaban J connectivity index is 2.69. The van der Waals surface area contributed by atoms with Gasteiger partial charge in [-0.25, -0.2) is 9.59 Å². The van der Waals surface area contributed by atoms with Crippen LogP contribution in [-0.4, -0.2) is 46.4 Å². The van der Waals surface area contributed by atoms with Crippen molar-refractivity contribution in [2.45, 2.75) is 0 Å². The molecule has 0 aromatic heterocycles. The highest BCUT2D eigenvalue weighted by atomic mass is 16.4. The number of quaternary nitrogens is 1. The first kappa shape index (κ1) is 9.53. The van der Waals surface area contributed by atoms with Crippen LogP contribution in [0.4, 0.5) is 0 Å². The molecule has 0 aromatic carbocycles. The van der Waals surface area contributed by atoms with Crippen LogP contribution in [0.1, 0.15) is 0 Å². The molecule has 1 rings (SSSR count). The van der Waals surface area contributed by atoms with Gasteiger partial charge in [-0.3, -0.25) is 4.48 Å². The summed E-state index contributed by atoms with van der Waals surface area (Å²) in [4.78, 5) is 20.9. The van der Waals surface area contributed by atoms with Gasteiger partial charge >= 0.3 is 11.9 Å². The lowest BCUT2D eigenvalue weighted by molar-refractivity contribution is -0.861. The van der Waals surface area contributed by atoms with Crippen LogP contribution >= 0.6 is 0 Å². The van der Waals surface area contributed by atoms with Gasteiger partial charge in [0.1, 0.15) is 6.20 Å². The molecule has 6 nitrogen and oxygen atoms in total. The normalized spacial score (nSPS) is 18.2. The molecule has 13 heavy (non-hydrogen) atoms. The molecule has 0 aliphatic carbocycles. The van der Waals surface area contributed by atoms with Crippen molar-refractivity contribution in [1.82, 2.24) is 5.32 Å². The molecule has 1 heterocycles. The number of carbonyl (C=O) groups is 2. The van der Waals surface area contributed by atoms with Crippen LogP contribution in [0.5, 0.6) is 0 Å². The van der Waals surface area contributed by atoms with Crippen molar-refractivity contribution < 1.29 is 24.3 Å². The molecule has 3 N–H and O–H groups in total. The summed E-state index contributed by atoms with van der Waals surface area (Å²) in [5, 5.41) is 20.0. The van der Waals surface area contributed by atoms with Crippen LogP contribution in [-0.2, 0) is 9.59 Å². The Morgan fingerprint density at radius 3 is 2.15 bits per heavy atom. The number of hydrogen-bond donors (Lipinski definition) is 3. The monoisotopic (exact) mass is 187 g/mol. The summed E-state index contributed by atoms with van der Waals surface area (Å²) in [6.07, 6.45) is 3.13. The van der Waals surface area contributed by atoms with Gasteiger partial charge in [-0.15, -0.1) is 0 Å². The molecule has 0 radical (unpaired) electrons. The zero-order chi connectivity index (χ0) is 9.90. The minimum Gasteiger partial charge on any atom is -0.477 e. The topological polar surface area (TPSA) is 86.6 Å². The number of hydrogen-bond acceptors (Lipinski definition) is 3. The highest BCUT2D eigenvalue weighted by Crippen LogP contribution is 2.10. The second-order valence-electron chi connectivity index (χ2n) is 3.00. The molecule has 0 atom stereocenters. The van der Waals surface area contributed by atoms with Crippen LogP contribution in [0, 0.1) is 0 Å². The van der Waals surface area contributed by atoms with E-state index in [9.17, 15) is 9.59 Å². The van der Waals surface area contributed by atoms with E-state index in [1.165, 1.54) is 0 Å². The molecule has 0 bridgehead atoms. The molecule has 0 amide bonds. The number of rotatable bonds is 4. The van der Waals surface area contributed by atoms with E-state index in [1.807, 2.05) is 0 Å². The second-order valence-corrected chi connectivity index (χ2v) is 3.00. The van der Waals surface area contributed by atoms with Gasteiger partial charge in [0.2, 0.25) is 0 Å². The van der Waals surface area contributed by atoms with Crippen molar-refractivity contribution in [1.29, 1.82) is 0 Å². The van der Waals surface area contributed by atoms with E-state index < -0.39 is 11.9 Å². The lowest BCUT2D eigenvalue weighted by Crippen LogP contribution is -2.50. The molecule has 0 aromatic rings. The zero-order valence-corrected chi connectivity index (χ0v) is 6.93. The van der Waals surface area contributed by atoms with E-state index in [0.717, 1.165) is 0 Å². The molecule has 1 aliphatic rings. The summed E-state index contributed by atoms with van der Waals surface area (Å²) >= 11 is 0. The third kappa shape index (κ3) is 2.45. The average molecular weight is 187 g/mol. The third-order valence-corrected chi connectivity index (χ3v) is 1.82. The van der Waals surface area contributed by atoms with Crippen molar-refractivity contribution in [3.8, 4) is 0 Å². The van der Waals surface area contributed by atoms with Gasteiger partial charge in [-0.2, -0.15) is 0 Å². The van der Waals surface area contributed by atoms with Crippen LogP contribution in [0.25, 0.3) is 0 Å². The van der Waals surface area contributed by atoms with Gasteiger partial charge in [0.15, 0.2) is 19.8 Å². The van der Waals surface area contributed by atoms with Crippen LogP contribution in [0.15, 0.2) is 12.4 Å². The first-order valence-electron chi connectivity index (χ1n) is 3.75. The molecular formula is C7H11N2O4+. The van der Waals surface area contributed by atoms with Gasteiger partial charge in [0.05, 0.1) is 6.20 Å². The number of nitrogens with one attached hydrogen (secondary N) is 1. The fourth-order valence-corrected chi connectivity index (χ4v) is 1.31. The van der Waals surface area contributed by atoms with Crippen molar-refractivity contribution in [2.75, 3.05) is 19.8 Å². The molecule has 0 spiro atoms. The Labute approximate surface area is 74.7 Å². The minimum atomic E-state index is -1.00. The summed E-state index contributed by atoms with van der Waals surface area (Å²) in [5.41, 5.74) is 0. The molecule has 0 saturated heterocycles. The lowest BCUT2D eigenvalue weighted by atomic mass is 10.4. The Morgan fingerprint density at radius 1 is 1.31 bits per heavy atom. The van der Waals surface area contributed by atoms with Gasteiger partial charge in [0, 0.05) is 0 Å². The van der Waals surface area contributed by atoms with E-state index in [-0.39, 0.29) is 17.6 Å². The summed E-state index contributed by atoms with van der Waals surface area (Å²) in [6, 6.07) is 0. The third-order valence-electron chi connectivity index (χ3n) is 1.82. The number of aliphatic carboxylic acids is 2. The summed E-state index contributed by atoms with van der Waals surface area (Å²) in [5.74, 6) is -2.01. The van der Waals surface area contributed by atoms with E-state index in [1.54, 1.807) is 12.4 Å². The second kappa shape index (κ2) is 3.44. The molecule has 0 saturated carbocycles. The van der Waals surface area contributed by atoms with Crippen LogP contribution < -0.4 is 5.32 Å². The Morgan fingerprint density at radius 2 is 1.85 bits per heavy atom. The number of carboxylic acid groups (broad SMARTS) is 2. The van der Waals surface area contributed by atoms with Crippen molar-refractivity contribution in [3.05, 3.63) is 12.4 Å². The lowest BCUT2D eigenvalue weighted by Gasteiger charge is -2.26. The first-order chi connectivity index (χ1) is 6.04. The molecule has 72 valence electrons. The molecule has 0 fully saturated rings. The summed E-state index contributed by atoms with van der Waals surface area (Å²) in [6.45, 7) is -0.107. The predicted molar refractivity (Wildman–Crippen MR) is 42.4 cm³/mol. The van der Waals surface area contributed by atoms with E-state index in [4.69, 9.17) is 10.2 Å². The van der Waals surface area contributed by atoms with E-state index in [2.05, 4.69) is 5.32 Å². The van der Waals surface area contributed by atoms with Crippen molar-refractivity contribution in [2.24, 2.45) is 0 Å². The maximum absolute atomic E-state index is 10.5. The molecule has 6 heteroatoms. The fourth-order valence-electron chi connectivity index (χ4n) is 1.31. The summed E-state index contributed by atoms with van der Waals surface area (Å²) < 4.78 is -0.0787. The Hall–Kier alpha value is -1.56. The smallest absolute Gasteiger partial charge is 0.359 e. The molecule has 0 unspecified atom stereocenters. The Bertz CT molecular complexity index is 245. The fraction of sp³-hybridized carbons (Fsp3) is 0.429. The van der Waals surface area contributed by atoms with Crippen molar-refractivity contribution >= 4 is 11.9 Å². The van der Waals surface area contributed by atoms with Crippen molar-refractivity contribution in [3.63, 3.8) is 0 Å². The Kier molecular flexibility index (Phi) is 2.52. The predicted octanol–water partition coefficient (Wildman–Crippen LogP) is -0.996. The summed E-state index contributed by atoms with van der Waals surface area (Å²) in [7, 11) is 0. The highest BCUT2D eigenvalue weighted by molar-refractivity contribution is 5.70. The minimum absolute atomic E-state index is 0.0787. The van der Waals surface area contributed by atoms with Crippen LogP contribution in [0.3, 0.4) is 0 Å². The maximum atomic E-state index is 10.5.